The number of aromatic nitrogens is 2. The van der Waals surface area contributed by atoms with Gasteiger partial charge in [0.2, 0.25) is 0 Å². The molecular weight excluding hydrogens is 312 g/mol. The van der Waals surface area contributed by atoms with Gasteiger partial charge in [-0.05, 0) is 38.1 Å². The molecule has 0 N–H and O–H groups in total. The summed E-state index contributed by atoms with van der Waals surface area (Å²) in [5.74, 6) is 1.37. The summed E-state index contributed by atoms with van der Waals surface area (Å²) >= 11 is 0. The molecule has 1 amide bonds. The number of amides is 1. The van der Waals surface area contributed by atoms with Crippen molar-refractivity contribution in [3.8, 4) is 0 Å². The van der Waals surface area contributed by atoms with Gasteiger partial charge < -0.3 is 4.90 Å². The summed E-state index contributed by atoms with van der Waals surface area (Å²) in [5, 5.41) is 0. The summed E-state index contributed by atoms with van der Waals surface area (Å²) in [6.45, 7) is 5.35. The van der Waals surface area contributed by atoms with E-state index in [9.17, 15) is 4.79 Å². The molecule has 0 aliphatic carbocycles. The number of fused-ring (bicyclic) bond motifs is 2. The summed E-state index contributed by atoms with van der Waals surface area (Å²) < 4.78 is 0. The van der Waals surface area contributed by atoms with Crippen LogP contribution in [0.3, 0.4) is 0 Å². The number of carbonyl (C=O) groups excluding carboxylic acids is 1. The van der Waals surface area contributed by atoms with E-state index in [0.29, 0.717) is 17.9 Å². The summed E-state index contributed by atoms with van der Waals surface area (Å²) in [4.78, 5) is 26.4. The Labute approximate surface area is 146 Å². The van der Waals surface area contributed by atoms with Crippen LogP contribution in [0.1, 0.15) is 21.5 Å². The monoisotopic (exact) mass is 332 g/mol. The average Bonchev–Trinajstić information content (AvgIpc) is 2.59. The van der Waals surface area contributed by atoms with Gasteiger partial charge in [0.25, 0.3) is 5.91 Å². The zero-order valence-electron chi connectivity index (χ0n) is 14.7. The fourth-order valence-corrected chi connectivity index (χ4v) is 3.33. The molecular formula is C20H20N4O. The second-order valence-corrected chi connectivity index (χ2v) is 6.61. The second kappa shape index (κ2) is 5.84. The zero-order valence-corrected chi connectivity index (χ0v) is 14.7. The number of aryl methyl sites for hydroxylation is 2. The third-order valence-electron chi connectivity index (χ3n) is 4.52. The van der Waals surface area contributed by atoms with Crippen molar-refractivity contribution in [2.75, 3.05) is 29.9 Å². The topological polar surface area (TPSA) is 49.3 Å². The lowest BCUT2D eigenvalue weighted by Crippen LogP contribution is -2.43. The second-order valence-electron chi connectivity index (χ2n) is 6.61. The van der Waals surface area contributed by atoms with E-state index in [2.05, 4.69) is 11.0 Å². The number of carbonyl (C=O) groups is 1. The van der Waals surface area contributed by atoms with Gasteiger partial charge in [-0.25, -0.2) is 9.97 Å². The highest BCUT2D eigenvalue weighted by molar-refractivity contribution is 6.08. The maximum absolute atomic E-state index is 13.1. The highest BCUT2D eigenvalue weighted by Crippen LogP contribution is 2.31. The third kappa shape index (κ3) is 2.71. The first-order valence-electron chi connectivity index (χ1n) is 8.41. The number of hydrogen-bond donors (Lipinski definition) is 0. The first-order chi connectivity index (χ1) is 12.0. The number of benzene rings is 2. The minimum absolute atomic E-state index is 0.0225. The van der Waals surface area contributed by atoms with Crippen LogP contribution in [-0.2, 0) is 0 Å². The molecule has 1 aliphatic heterocycles. The molecule has 1 aliphatic rings. The lowest BCUT2D eigenvalue weighted by atomic mass is 10.1. The Morgan fingerprint density at radius 3 is 2.16 bits per heavy atom. The van der Waals surface area contributed by atoms with Crippen LogP contribution >= 0.6 is 0 Å². The highest BCUT2D eigenvalue weighted by atomic mass is 16.2. The largest absolute Gasteiger partial charge is 0.355 e. The fourth-order valence-electron chi connectivity index (χ4n) is 3.33. The molecule has 0 spiro atoms. The Morgan fingerprint density at radius 2 is 1.52 bits per heavy atom. The van der Waals surface area contributed by atoms with Crippen LogP contribution in [0.15, 0.2) is 42.5 Å². The molecule has 4 rings (SSSR count). The highest BCUT2D eigenvalue weighted by Gasteiger charge is 2.29. The van der Waals surface area contributed by atoms with Crippen molar-refractivity contribution in [1.29, 1.82) is 0 Å². The molecule has 2 aromatic carbocycles. The number of anilines is 2. The Bertz CT molecular complexity index is 962. The number of rotatable bonds is 1. The lowest BCUT2D eigenvalue weighted by molar-refractivity contribution is 0.0985. The Kier molecular flexibility index (Phi) is 3.64. The normalized spacial score (nSPS) is 13.9. The molecule has 5 heteroatoms. The van der Waals surface area contributed by atoms with Crippen LogP contribution in [0.4, 0.5) is 11.6 Å². The van der Waals surface area contributed by atoms with E-state index in [1.807, 2.05) is 57.3 Å². The van der Waals surface area contributed by atoms with Crippen molar-refractivity contribution in [3.05, 3.63) is 59.2 Å². The molecule has 0 atom stereocenters. The molecule has 126 valence electrons. The summed E-state index contributed by atoms with van der Waals surface area (Å²) in [5.41, 5.74) is 4.51. The maximum atomic E-state index is 13.1. The Morgan fingerprint density at radius 1 is 0.920 bits per heavy atom. The van der Waals surface area contributed by atoms with Gasteiger partial charge in [0.05, 0.1) is 11.0 Å². The van der Waals surface area contributed by atoms with Gasteiger partial charge in [-0.2, -0.15) is 0 Å². The van der Waals surface area contributed by atoms with E-state index in [-0.39, 0.29) is 5.91 Å². The predicted molar refractivity (Wildman–Crippen MR) is 100 cm³/mol. The van der Waals surface area contributed by atoms with Crippen LogP contribution < -0.4 is 9.80 Å². The van der Waals surface area contributed by atoms with E-state index < -0.39 is 0 Å². The number of para-hydroxylation sites is 2. The van der Waals surface area contributed by atoms with E-state index in [1.165, 1.54) is 0 Å². The van der Waals surface area contributed by atoms with Crippen molar-refractivity contribution >= 4 is 28.6 Å². The van der Waals surface area contributed by atoms with Gasteiger partial charge in [0.1, 0.15) is 0 Å². The maximum Gasteiger partial charge on any atom is 0.259 e. The van der Waals surface area contributed by atoms with E-state index in [4.69, 9.17) is 9.97 Å². The van der Waals surface area contributed by atoms with Crippen molar-refractivity contribution < 1.29 is 4.79 Å². The Balaban J connectivity index is 1.83. The summed E-state index contributed by atoms with van der Waals surface area (Å²) in [6.07, 6.45) is 0. The molecule has 2 heterocycles. The first-order valence-corrected chi connectivity index (χ1v) is 8.41. The van der Waals surface area contributed by atoms with Crippen LogP contribution in [0, 0.1) is 13.8 Å². The predicted octanol–water partition coefficient (Wildman–Crippen LogP) is 3.34. The fraction of sp³-hybridized carbons (Fsp3) is 0.250. The molecule has 0 saturated carbocycles. The van der Waals surface area contributed by atoms with Crippen LogP contribution in [0.2, 0.25) is 0 Å². The van der Waals surface area contributed by atoms with E-state index >= 15 is 0 Å². The van der Waals surface area contributed by atoms with Crippen molar-refractivity contribution in [2.24, 2.45) is 0 Å². The molecule has 1 aromatic heterocycles. The SMILES string of the molecule is Cc1cc(C)cc(C(=O)N2CCN(C)c3nc4ccccc4nc32)c1. The molecule has 0 radical (unpaired) electrons. The summed E-state index contributed by atoms with van der Waals surface area (Å²) in [7, 11) is 1.99. The van der Waals surface area contributed by atoms with Crippen LogP contribution in [0.5, 0.6) is 0 Å². The number of hydrogen-bond acceptors (Lipinski definition) is 4. The lowest BCUT2D eigenvalue weighted by Gasteiger charge is -2.33. The van der Waals surface area contributed by atoms with Crippen LogP contribution in [0.25, 0.3) is 11.0 Å². The van der Waals surface area contributed by atoms with E-state index in [1.54, 1.807) is 4.90 Å². The van der Waals surface area contributed by atoms with Gasteiger partial charge in [0.15, 0.2) is 11.6 Å². The zero-order chi connectivity index (χ0) is 17.6. The quantitative estimate of drug-likeness (QED) is 0.686. The first kappa shape index (κ1) is 15.6. The van der Waals surface area contributed by atoms with E-state index in [0.717, 1.165) is 34.5 Å². The number of likely N-dealkylation sites (N-methyl/N-ethyl adjacent to an activating group) is 1. The van der Waals surface area contributed by atoms with Crippen molar-refractivity contribution in [2.45, 2.75) is 13.8 Å². The van der Waals surface area contributed by atoms with Crippen molar-refractivity contribution in [3.63, 3.8) is 0 Å². The van der Waals surface area contributed by atoms with Gasteiger partial charge in [-0.1, -0.05) is 29.3 Å². The summed E-state index contributed by atoms with van der Waals surface area (Å²) in [6, 6.07) is 13.7. The average molecular weight is 332 g/mol. The van der Waals surface area contributed by atoms with Gasteiger partial charge in [-0.3, -0.25) is 9.69 Å². The standard InChI is InChI=1S/C20H20N4O/c1-13-10-14(2)12-15(11-13)20(25)24-9-8-23(3)18-19(24)22-17-7-5-4-6-16(17)21-18/h4-7,10-12H,8-9H2,1-3H3. The van der Waals surface area contributed by atoms with Crippen molar-refractivity contribution in [1.82, 2.24) is 9.97 Å². The van der Waals surface area contributed by atoms with Gasteiger partial charge in [0, 0.05) is 25.7 Å². The molecule has 0 fully saturated rings. The molecule has 3 aromatic rings. The van der Waals surface area contributed by atoms with Gasteiger partial charge >= 0.3 is 0 Å². The minimum atomic E-state index is -0.0225. The molecule has 25 heavy (non-hydrogen) atoms. The third-order valence-corrected chi connectivity index (χ3v) is 4.52. The molecule has 0 saturated heterocycles. The molecule has 5 nitrogen and oxygen atoms in total. The smallest absolute Gasteiger partial charge is 0.259 e. The van der Waals surface area contributed by atoms with Gasteiger partial charge in [-0.15, -0.1) is 0 Å². The number of nitrogens with zero attached hydrogens (tertiary/aromatic N) is 4. The Hall–Kier alpha value is -2.95. The molecule has 0 unspecified atom stereocenters. The molecule has 0 bridgehead atoms. The van der Waals surface area contributed by atoms with Crippen LogP contribution in [-0.4, -0.2) is 36.0 Å². The minimum Gasteiger partial charge on any atom is -0.355 e.